The van der Waals surface area contributed by atoms with Crippen molar-refractivity contribution in [2.45, 2.75) is 5.92 Å². The molecule has 2 unspecified atom stereocenters. The predicted molar refractivity (Wildman–Crippen MR) is 172 cm³/mol. The van der Waals surface area contributed by atoms with E-state index in [0.717, 1.165) is 44.2 Å². The molecular formula is C38H24N4O. The monoisotopic (exact) mass is 552 g/mol. The number of fused-ring (bicyclic) bond motifs is 7. The van der Waals surface area contributed by atoms with Gasteiger partial charge in [-0.1, -0.05) is 97.1 Å². The van der Waals surface area contributed by atoms with Gasteiger partial charge in [-0.05, 0) is 51.9 Å². The molecule has 0 spiro atoms. The lowest BCUT2D eigenvalue weighted by molar-refractivity contribution is 0.571. The average Bonchev–Trinajstić information content (AvgIpc) is 3.47. The van der Waals surface area contributed by atoms with Gasteiger partial charge >= 0.3 is 0 Å². The van der Waals surface area contributed by atoms with Gasteiger partial charge in [0.15, 0.2) is 17.5 Å². The molecule has 202 valence electrons. The Labute approximate surface area is 247 Å². The van der Waals surface area contributed by atoms with Crippen molar-refractivity contribution in [3.05, 3.63) is 145 Å². The summed E-state index contributed by atoms with van der Waals surface area (Å²) < 4.78 is 6.11. The topological polar surface area (TPSA) is 64.7 Å². The zero-order chi connectivity index (χ0) is 28.3. The van der Waals surface area contributed by atoms with Crippen LogP contribution < -0.4 is 0 Å². The van der Waals surface area contributed by atoms with Crippen molar-refractivity contribution in [3.63, 3.8) is 0 Å². The Morgan fingerprint density at radius 3 is 1.93 bits per heavy atom. The Kier molecular flexibility index (Phi) is 5.26. The summed E-state index contributed by atoms with van der Waals surface area (Å²) in [6.45, 7) is 0. The molecule has 0 saturated heterocycles. The van der Waals surface area contributed by atoms with Crippen molar-refractivity contribution in [2.24, 2.45) is 5.92 Å². The molecule has 7 aromatic rings. The quantitative estimate of drug-likeness (QED) is 0.219. The number of rotatable bonds is 3. The van der Waals surface area contributed by atoms with Crippen molar-refractivity contribution in [1.29, 1.82) is 0 Å². The molecule has 0 radical (unpaired) electrons. The van der Waals surface area contributed by atoms with Gasteiger partial charge in [0.2, 0.25) is 5.71 Å². The molecule has 5 nitrogen and oxygen atoms in total. The molecule has 0 bridgehead atoms. The first-order valence-electron chi connectivity index (χ1n) is 14.5. The van der Waals surface area contributed by atoms with Gasteiger partial charge in [0, 0.05) is 45.7 Å². The lowest BCUT2D eigenvalue weighted by Crippen LogP contribution is -2.18. The van der Waals surface area contributed by atoms with Crippen molar-refractivity contribution in [2.75, 3.05) is 0 Å². The van der Waals surface area contributed by atoms with E-state index in [1.807, 2.05) is 6.07 Å². The van der Waals surface area contributed by atoms with E-state index < -0.39 is 0 Å². The number of benzene rings is 4. The highest BCUT2D eigenvalue weighted by molar-refractivity contribution is 5.89. The molecule has 2 atom stereocenters. The largest absolute Gasteiger partial charge is 0.438 e. The van der Waals surface area contributed by atoms with Crippen LogP contribution in [0.1, 0.15) is 23.1 Å². The van der Waals surface area contributed by atoms with Crippen LogP contribution in [0.5, 0.6) is 0 Å². The van der Waals surface area contributed by atoms with Gasteiger partial charge in [0.25, 0.3) is 0 Å². The van der Waals surface area contributed by atoms with E-state index in [1.54, 1.807) is 6.20 Å². The van der Waals surface area contributed by atoms with Crippen LogP contribution >= 0.6 is 0 Å². The fraction of sp³-hybridized carbons (Fsp3) is 0.0526. The van der Waals surface area contributed by atoms with Crippen molar-refractivity contribution in [3.8, 4) is 22.8 Å². The van der Waals surface area contributed by atoms with Gasteiger partial charge in [-0.3, -0.25) is 0 Å². The number of hydrogen-bond donors (Lipinski definition) is 0. The van der Waals surface area contributed by atoms with Crippen LogP contribution in [-0.2, 0) is 0 Å². The minimum absolute atomic E-state index is 0.0508. The Balaban J connectivity index is 1.22. The van der Waals surface area contributed by atoms with E-state index in [0.29, 0.717) is 23.2 Å². The van der Waals surface area contributed by atoms with Gasteiger partial charge in [0.1, 0.15) is 5.76 Å². The van der Waals surface area contributed by atoms with Crippen LogP contribution in [0, 0.1) is 5.92 Å². The van der Waals surface area contributed by atoms with E-state index in [1.165, 1.54) is 10.8 Å². The van der Waals surface area contributed by atoms with Crippen LogP contribution in [0.25, 0.3) is 67.1 Å². The van der Waals surface area contributed by atoms with Gasteiger partial charge < -0.3 is 4.42 Å². The first kappa shape index (κ1) is 24.0. The third-order valence-corrected chi connectivity index (χ3v) is 8.57. The molecule has 0 fully saturated rings. The van der Waals surface area contributed by atoms with Crippen LogP contribution in [0.15, 0.2) is 132 Å². The molecule has 2 aliphatic carbocycles. The summed E-state index contributed by atoms with van der Waals surface area (Å²) in [6, 6.07) is 33.6. The number of furan rings is 1. The van der Waals surface area contributed by atoms with E-state index in [9.17, 15) is 0 Å². The third-order valence-electron chi connectivity index (χ3n) is 8.57. The summed E-state index contributed by atoms with van der Waals surface area (Å²) in [5, 5.41) is 5.72. The van der Waals surface area contributed by atoms with Gasteiger partial charge in [0.05, 0.1) is 0 Å². The summed E-state index contributed by atoms with van der Waals surface area (Å²) in [4.78, 5) is 19.8. The van der Waals surface area contributed by atoms with Gasteiger partial charge in [-0.15, -0.1) is 0 Å². The number of allylic oxidation sites excluding steroid dienone is 5. The second kappa shape index (κ2) is 9.43. The SMILES string of the molecule is C1=CC2c3c(oc4ncccc34)C=CC2C(c2nc(-c3ccc4ccccc4c3)nc(-c3ccc4ccccc4c3)n2)=C1. The summed E-state index contributed by atoms with van der Waals surface area (Å²) in [5.41, 5.74) is 4.80. The maximum Gasteiger partial charge on any atom is 0.226 e. The van der Waals surface area contributed by atoms with E-state index >= 15 is 0 Å². The lowest BCUT2D eigenvalue weighted by atomic mass is 9.74. The van der Waals surface area contributed by atoms with E-state index in [4.69, 9.17) is 19.4 Å². The molecule has 0 aliphatic heterocycles. The van der Waals surface area contributed by atoms with Crippen LogP contribution in [0.2, 0.25) is 0 Å². The Hall–Kier alpha value is -5.68. The number of pyridine rings is 1. The Morgan fingerprint density at radius 2 is 1.23 bits per heavy atom. The first-order chi connectivity index (χ1) is 21.3. The van der Waals surface area contributed by atoms with E-state index in [2.05, 4.69) is 126 Å². The highest BCUT2D eigenvalue weighted by atomic mass is 16.3. The maximum atomic E-state index is 6.11. The summed E-state index contributed by atoms with van der Waals surface area (Å²) in [6.07, 6.45) is 12.5. The summed E-state index contributed by atoms with van der Waals surface area (Å²) >= 11 is 0. The Bertz CT molecular complexity index is 2230. The van der Waals surface area contributed by atoms with Crippen LogP contribution in [-0.4, -0.2) is 19.9 Å². The molecule has 3 heterocycles. The standard InChI is InChI=1S/C38H24N4O/c1-3-9-25-21-27(16-14-23(25)7-1)35-40-36(28-17-15-24-8-2-4-10-26(24)22-28)42-37(41-35)31-12-5-11-30-29(31)18-19-33-34(30)32-13-6-20-39-38(32)43-33/h1-22,29-30H. The molecule has 4 aromatic carbocycles. The molecule has 9 rings (SSSR count). The number of aromatic nitrogens is 4. The van der Waals surface area contributed by atoms with Crippen molar-refractivity contribution in [1.82, 2.24) is 19.9 Å². The fourth-order valence-electron chi connectivity index (χ4n) is 6.47. The Morgan fingerprint density at radius 1 is 0.581 bits per heavy atom. The summed E-state index contributed by atoms with van der Waals surface area (Å²) in [5.74, 6) is 3.00. The molecule has 0 saturated carbocycles. The minimum atomic E-state index is 0.0508. The van der Waals surface area contributed by atoms with Crippen LogP contribution in [0.3, 0.4) is 0 Å². The molecule has 43 heavy (non-hydrogen) atoms. The fourth-order valence-corrected chi connectivity index (χ4v) is 6.47. The second-order valence-corrected chi connectivity index (χ2v) is 11.1. The third kappa shape index (κ3) is 3.93. The normalized spacial score (nSPS) is 17.3. The van der Waals surface area contributed by atoms with Gasteiger partial charge in [-0.25, -0.2) is 19.9 Å². The first-order valence-corrected chi connectivity index (χ1v) is 14.5. The molecular weight excluding hydrogens is 528 g/mol. The zero-order valence-electron chi connectivity index (χ0n) is 23.1. The molecule has 2 aliphatic rings. The highest BCUT2D eigenvalue weighted by Crippen LogP contribution is 2.47. The van der Waals surface area contributed by atoms with Crippen LogP contribution in [0.4, 0.5) is 0 Å². The zero-order valence-corrected chi connectivity index (χ0v) is 23.1. The lowest BCUT2D eigenvalue weighted by Gasteiger charge is -2.29. The predicted octanol–water partition coefficient (Wildman–Crippen LogP) is 9.03. The van der Waals surface area contributed by atoms with E-state index in [-0.39, 0.29) is 11.8 Å². The van der Waals surface area contributed by atoms with Crippen molar-refractivity contribution >= 4 is 44.3 Å². The molecule has 0 amide bonds. The minimum Gasteiger partial charge on any atom is -0.438 e. The molecule has 3 aromatic heterocycles. The molecule has 0 N–H and O–H groups in total. The molecule has 5 heteroatoms. The van der Waals surface area contributed by atoms with Gasteiger partial charge in [-0.2, -0.15) is 0 Å². The average molecular weight is 553 g/mol. The smallest absolute Gasteiger partial charge is 0.226 e. The maximum absolute atomic E-state index is 6.11. The highest BCUT2D eigenvalue weighted by Gasteiger charge is 2.34. The number of hydrogen-bond acceptors (Lipinski definition) is 5. The number of nitrogens with zero attached hydrogens (tertiary/aromatic N) is 4. The van der Waals surface area contributed by atoms with Crippen molar-refractivity contribution < 1.29 is 4.42 Å². The second-order valence-electron chi connectivity index (χ2n) is 11.1. The summed E-state index contributed by atoms with van der Waals surface area (Å²) in [7, 11) is 0.